The first kappa shape index (κ1) is 10.2. The SMILES string of the molecule is Cc1nc(CCNCC(C)C)n[nH]1. The molecule has 0 saturated heterocycles. The van der Waals surface area contributed by atoms with Gasteiger partial charge in [0.05, 0.1) is 0 Å². The number of nitrogens with one attached hydrogen (secondary N) is 2. The average molecular weight is 182 g/mol. The molecule has 1 aromatic heterocycles. The summed E-state index contributed by atoms with van der Waals surface area (Å²) >= 11 is 0. The molecule has 0 aliphatic carbocycles. The number of H-pyrrole nitrogens is 1. The summed E-state index contributed by atoms with van der Waals surface area (Å²) in [6, 6.07) is 0. The molecule has 0 fully saturated rings. The van der Waals surface area contributed by atoms with Crippen LogP contribution in [0.5, 0.6) is 0 Å². The molecule has 0 amide bonds. The standard InChI is InChI=1S/C9H18N4/c1-7(2)6-10-5-4-9-11-8(3)12-13-9/h7,10H,4-6H2,1-3H3,(H,11,12,13). The smallest absolute Gasteiger partial charge is 0.151 e. The number of nitrogens with zero attached hydrogens (tertiary/aromatic N) is 2. The Balaban J connectivity index is 2.13. The second kappa shape index (κ2) is 4.97. The molecule has 4 heteroatoms. The Hall–Kier alpha value is -0.900. The van der Waals surface area contributed by atoms with E-state index in [1.165, 1.54) is 0 Å². The van der Waals surface area contributed by atoms with Crippen LogP contribution in [0.1, 0.15) is 25.5 Å². The number of aryl methyl sites for hydroxylation is 1. The maximum Gasteiger partial charge on any atom is 0.151 e. The van der Waals surface area contributed by atoms with Crippen molar-refractivity contribution in [1.82, 2.24) is 20.5 Å². The fourth-order valence-corrected chi connectivity index (χ4v) is 1.09. The molecule has 0 spiro atoms. The highest BCUT2D eigenvalue weighted by atomic mass is 15.2. The van der Waals surface area contributed by atoms with E-state index in [9.17, 15) is 0 Å². The lowest BCUT2D eigenvalue weighted by Crippen LogP contribution is -2.22. The summed E-state index contributed by atoms with van der Waals surface area (Å²) in [4.78, 5) is 4.22. The molecule has 0 aliphatic heterocycles. The van der Waals surface area contributed by atoms with Crippen molar-refractivity contribution < 1.29 is 0 Å². The monoisotopic (exact) mass is 182 g/mol. The first-order valence-corrected chi connectivity index (χ1v) is 4.77. The Labute approximate surface area is 79.2 Å². The lowest BCUT2D eigenvalue weighted by molar-refractivity contribution is 0.550. The van der Waals surface area contributed by atoms with Crippen LogP contribution in [0.15, 0.2) is 0 Å². The normalized spacial score (nSPS) is 11.1. The molecule has 0 saturated carbocycles. The van der Waals surface area contributed by atoms with Crippen LogP contribution in [0.4, 0.5) is 0 Å². The van der Waals surface area contributed by atoms with Gasteiger partial charge in [-0.3, -0.25) is 5.10 Å². The van der Waals surface area contributed by atoms with Gasteiger partial charge in [-0.1, -0.05) is 13.8 Å². The van der Waals surface area contributed by atoms with Crippen molar-refractivity contribution in [3.8, 4) is 0 Å². The van der Waals surface area contributed by atoms with E-state index in [4.69, 9.17) is 0 Å². The van der Waals surface area contributed by atoms with Crippen LogP contribution in [0.2, 0.25) is 0 Å². The van der Waals surface area contributed by atoms with Gasteiger partial charge in [-0.05, 0) is 19.4 Å². The summed E-state index contributed by atoms with van der Waals surface area (Å²) < 4.78 is 0. The summed E-state index contributed by atoms with van der Waals surface area (Å²) in [5.41, 5.74) is 0. The van der Waals surface area contributed by atoms with Gasteiger partial charge < -0.3 is 5.32 Å². The summed E-state index contributed by atoms with van der Waals surface area (Å²) in [5.74, 6) is 2.49. The third-order valence-electron chi connectivity index (χ3n) is 1.72. The van der Waals surface area contributed by atoms with E-state index >= 15 is 0 Å². The number of hydrogen-bond donors (Lipinski definition) is 2. The fourth-order valence-electron chi connectivity index (χ4n) is 1.09. The van der Waals surface area contributed by atoms with Crippen LogP contribution < -0.4 is 5.32 Å². The highest BCUT2D eigenvalue weighted by Gasteiger charge is 1.99. The molecule has 0 aliphatic rings. The number of hydrogen-bond acceptors (Lipinski definition) is 3. The highest BCUT2D eigenvalue weighted by Crippen LogP contribution is 1.91. The Bertz CT molecular complexity index is 242. The zero-order valence-corrected chi connectivity index (χ0v) is 8.59. The molecule has 1 rings (SSSR count). The quantitative estimate of drug-likeness (QED) is 0.665. The molecular weight excluding hydrogens is 164 g/mol. The predicted octanol–water partition coefficient (Wildman–Crippen LogP) is 0.901. The number of aromatic nitrogens is 3. The number of rotatable bonds is 5. The predicted molar refractivity (Wildman–Crippen MR) is 52.5 cm³/mol. The Kier molecular flexibility index (Phi) is 3.89. The van der Waals surface area contributed by atoms with Crippen LogP contribution in [0.3, 0.4) is 0 Å². The van der Waals surface area contributed by atoms with Crippen molar-refractivity contribution in [1.29, 1.82) is 0 Å². The largest absolute Gasteiger partial charge is 0.316 e. The van der Waals surface area contributed by atoms with Gasteiger partial charge >= 0.3 is 0 Å². The second-order valence-electron chi connectivity index (χ2n) is 3.69. The average Bonchev–Trinajstić information content (AvgIpc) is 2.45. The van der Waals surface area contributed by atoms with Crippen LogP contribution in [-0.4, -0.2) is 28.3 Å². The molecule has 0 atom stereocenters. The van der Waals surface area contributed by atoms with Crippen LogP contribution in [0, 0.1) is 12.8 Å². The van der Waals surface area contributed by atoms with Gasteiger partial charge in [0.2, 0.25) is 0 Å². The minimum absolute atomic E-state index is 0.703. The maximum absolute atomic E-state index is 4.22. The molecule has 1 aromatic rings. The van der Waals surface area contributed by atoms with Gasteiger partial charge in [0, 0.05) is 13.0 Å². The first-order chi connectivity index (χ1) is 6.18. The van der Waals surface area contributed by atoms with Crippen LogP contribution >= 0.6 is 0 Å². The molecule has 2 N–H and O–H groups in total. The Morgan fingerprint density at radius 1 is 1.46 bits per heavy atom. The summed E-state index contributed by atoms with van der Waals surface area (Å²) in [6.45, 7) is 8.32. The topological polar surface area (TPSA) is 53.6 Å². The molecule has 13 heavy (non-hydrogen) atoms. The minimum atomic E-state index is 0.703. The number of aromatic amines is 1. The summed E-state index contributed by atoms with van der Waals surface area (Å²) in [6.07, 6.45) is 0.900. The highest BCUT2D eigenvalue weighted by molar-refractivity contribution is 4.87. The van der Waals surface area contributed by atoms with Crippen molar-refractivity contribution in [2.45, 2.75) is 27.2 Å². The molecule has 0 radical (unpaired) electrons. The van der Waals surface area contributed by atoms with Crippen molar-refractivity contribution in [3.05, 3.63) is 11.6 Å². The second-order valence-corrected chi connectivity index (χ2v) is 3.69. The lowest BCUT2D eigenvalue weighted by Gasteiger charge is -2.04. The molecule has 4 nitrogen and oxygen atoms in total. The van der Waals surface area contributed by atoms with E-state index in [0.717, 1.165) is 31.2 Å². The van der Waals surface area contributed by atoms with Gasteiger partial charge in [-0.2, -0.15) is 5.10 Å². The van der Waals surface area contributed by atoms with Gasteiger partial charge in [0.25, 0.3) is 0 Å². The molecule has 74 valence electrons. The lowest BCUT2D eigenvalue weighted by atomic mass is 10.2. The zero-order valence-electron chi connectivity index (χ0n) is 8.59. The summed E-state index contributed by atoms with van der Waals surface area (Å²) in [5, 5.41) is 10.2. The van der Waals surface area contributed by atoms with Crippen molar-refractivity contribution in [3.63, 3.8) is 0 Å². The molecular formula is C9H18N4. The van der Waals surface area contributed by atoms with Crippen LogP contribution in [-0.2, 0) is 6.42 Å². The van der Waals surface area contributed by atoms with Gasteiger partial charge in [-0.15, -0.1) is 0 Å². The molecule has 0 aromatic carbocycles. The van der Waals surface area contributed by atoms with Crippen molar-refractivity contribution in [2.24, 2.45) is 5.92 Å². The Morgan fingerprint density at radius 2 is 2.23 bits per heavy atom. The van der Waals surface area contributed by atoms with E-state index in [1.807, 2.05) is 6.92 Å². The molecule has 1 heterocycles. The summed E-state index contributed by atoms with van der Waals surface area (Å²) in [7, 11) is 0. The van der Waals surface area contributed by atoms with Crippen LogP contribution in [0.25, 0.3) is 0 Å². The molecule has 0 bridgehead atoms. The van der Waals surface area contributed by atoms with Crippen molar-refractivity contribution >= 4 is 0 Å². The van der Waals surface area contributed by atoms with E-state index in [2.05, 4.69) is 34.3 Å². The fraction of sp³-hybridized carbons (Fsp3) is 0.778. The van der Waals surface area contributed by atoms with Gasteiger partial charge in [0.15, 0.2) is 5.82 Å². The Morgan fingerprint density at radius 3 is 2.77 bits per heavy atom. The van der Waals surface area contributed by atoms with Gasteiger partial charge in [-0.25, -0.2) is 4.98 Å². The first-order valence-electron chi connectivity index (χ1n) is 4.77. The third kappa shape index (κ3) is 4.03. The van der Waals surface area contributed by atoms with E-state index in [0.29, 0.717) is 5.92 Å². The molecule has 0 unspecified atom stereocenters. The van der Waals surface area contributed by atoms with E-state index in [1.54, 1.807) is 0 Å². The zero-order chi connectivity index (χ0) is 9.68. The third-order valence-corrected chi connectivity index (χ3v) is 1.72. The van der Waals surface area contributed by atoms with E-state index < -0.39 is 0 Å². The maximum atomic E-state index is 4.22. The van der Waals surface area contributed by atoms with Gasteiger partial charge in [0.1, 0.15) is 5.82 Å². The van der Waals surface area contributed by atoms with Crippen molar-refractivity contribution in [2.75, 3.05) is 13.1 Å². The van der Waals surface area contributed by atoms with E-state index in [-0.39, 0.29) is 0 Å². The minimum Gasteiger partial charge on any atom is -0.316 e.